The fourth-order valence-electron chi connectivity index (χ4n) is 1.08. The maximum Gasteiger partial charge on any atom is 0.161 e. The fraction of sp³-hybridized carbons (Fsp3) is 0.333. The minimum absolute atomic E-state index is 0.108. The van der Waals surface area contributed by atoms with Gasteiger partial charge in [-0.15, -0.1) is 0 Å². The van der Waals surface area contributed by atoms with E-state index in [2.05, 4.69) is 5.32 Å². The first kappa shape index (κ1) is 10.2. The van der Waals surface area contributed by atoms with Crippen molar-refractivity contribution in [2.75, 3.05) is 14.2 Å². The summed E-state index contributed by atoms with van der Waals surface area (Å²) in [5.74, 6) is 0.502. The SMILES string of the molecule is CNCc1cc(O)c(OC)cc1Cl. The van der Waals surface area contributed by atoms with Crippen molar-refractivity contribution < 1.29 is 9.84 Å². The van der Waals surface area contributed by atoms with Gasteiger partial charge in [-0.1, -0.05) is 11.6 Å². The molecule has 72 valence electrons. The number of rotatable bonds is 3. The van der Waals surface area contributed by atoms with Crippen LogP contribution in [-0.2, 0) is 6.54 Å². The number of halogens is 1. The zero-order chi connectivity index (χ0) is 9.84. The summed E-state index contributed by atoms with van der Waals surface area (Å²) in [6.45, 7) is 0.621. The zero-order valence-electron chi connectivity index (χ0n) is 7.60. The summed E-state index contributed by atoms with van der Waals surface area (Å²) in [4.78, 5) is 0. The number of nitrogens with one attached hydrogen (secondary N) is 1. The standard InChI is InChI=1S/C9H12ClNO2/c1-11-5-6-3-8(12)9(13-2)4-7(6)10/h3-4,11-12H,5H2,1-2H3. The summed E-state index contributed by atoms with van der Waals surface area (Å²) in [5, 5.41) is 13.0. The molecule has 13 heavy (non-hydrogen) atoms. The van der Waals surface area contributed by atoms with Gasteiger partial charge in [-0.05, 0) is 18.7 Å². The lowest BCUT2D eigenvalue weighted by molar-refractivity contribution is 0.373. The van der Waals surface area contributed by atoms with Crippen LogP contribution < -0.4 is 10.1 Å². The minimum Gasteiger partial charge on any atom is -0.504 e. The molecule has 0 amide bonds. The summed E-state index contributed by atoms with van der Waals surface area (Å²) in [5.41, 5.74) is 0.850. The molecule has 0 radical (unpaired) electrons. The monoisotopic (exact) mass is 201 g/mol. The summed E-state index contributed by atoms with van der Waals surface area (Å²) in [6, 6.07) is 3.20. The molecular weight excluding hydrogens is 190 g/mol. The molecule has 1 aromatic rings. The molecule has 2 N–H and O–H groups in total. The number of benzene rings is 1. The van der Waals surface area contributed by atoms with Gasteiger partial charge in [0, 0.05) is 17.6 Å². The van der Waals surface area contributed by atoms with E-state index in [0.717, 1.165) is 5.56 Å². The molecular formula is C9H12ClNO2. The molecule has 4 heteroatoms. The van der Waals surface area contributed by atoms with Crippen molar-refractivity contribution in [1.29, 1.82) is 0 Å². The fourth-order valence-corrected chi connectivity index (χ4v) is 1.30. The Hall–Kier alpha value is -0.930. The third kappa shape index (κ3) is 2.26. The van der Waals surface area contributed by atoms with E-state index in [-0.39, 0.29) is 5.75 Å². The molecule has 0 saturated carbocycles. The van der Waals surface area contributed by atoms with Crippen molar-refractivity contribution in [1.82, 2.24) is 5.32 Å². The van der Waals surface area contributed by atoms with Crippen LogP contribution in [-0.4, -0.2) is 19.3 Å². The number of phenols is 1. The highest BCUT2D eigenvalue weighted by Crippen LogP contribution is 2.31. The van der Waals surface area contributed by atoms with Crippen molar-refractivity contribution in [3.05, 3.63) is 22.7 Å². The Morgan fingerprint density at radius 2 is 2.23 bits per heavy atom. The van der Waals surface area contributed by atoms with Crippen LogP contribution in [0.5, 0.6) is 11.5 Å². The van der Waals surface area contributed by atoms with Crippen molar-refractivity contribution in [2.24, 2.45) is 0 Å². The van der Waals surface area contributed by atoms with Crippen LogP contribution in [0, 0.1) is 0 Å². The molecule has 0 aliphatic heterocycles. The lowest BCUT2D eigenvalue weighted by Gasteiger charge is -2.08. The third-order valence-electron chi connectivity index (χ3n) is 1.72. The summed E-state index contributed by atoms with van der Waals surface area (Å²) in [6.07, 6.45) is 0. The lowest BCUT2D eigenvalue weighted by Crippen LogP contribution is -2.05. The van der Waals surface area contributed by atoms with Crippen LogP contribution in [0.3, 0.4) is 0 Å². The lowest BCUT2D eigenvalue weighted by atomic mass is 10.2. The number of methoxy groups -OCH3 is 1. The molecule has 0 atom stereocenters. The third-order valence-corrected chi connectivity index (χ3v) is 2.07. The van der Waals surface area contributed by atoms with Crippen molar-refractivity contribution in [2.45, 2.75) is 6.54 Å². The predicted octanol–water partition coefficient (Wildman–Crippen LogP) is 1.77. The Kier molecular flexibility index (Phi) is 3.39. The number of hydrogen-bond acceptors (Lipinski definition) is 3. The van der Waals surface area contributed by atoms with Gasteiger partial charge in [0.25, 0.3) is 0 Å². The van der Waals surface area contributed by atoms with Crippen molar-refractivity contribution in [3.8, 4) is 11.5 Å². The van der Waals surface area contributed by atoms with Crippen LogP contribution in [0.15, 0.2) is 12.1 Å². The molecule has 0 aromatic heterocycles. The number of aromatic hydroxyl groups is 1. The molecule has 1 rings (SSSR count). The minimum atomic E-state index is 0.108. The van der Waals surface area contributed by atoms with Crippen molar-refractivity contribution in [3.63, 3.8) is 0 Å². The van der Waals surface area contributed by atoms with Gasteiger partial charge >= 0.3 is 0 Å². The van der Waals surface area contributed by atoms with E-state index in [4.69, 9.17) is 16.3 Å². The maximum atomic E-state index is 9.43. The van der Waals surface area contributed by atoms with E-state index < -0.39 is 0 Å². The first-order chi connectivity index (χ1) is 6.19. The summed E-state index contributed by atoms with van der Waals surface area (Å²) >= 11 is 5.93. The molecule has 3 nitrogen and oxygen atoms in total. The maximum absolute atomic E-state index is 9.43. The van der Waals surface area contributed by atoms with Gasteiger partial charge < -0.3 is 15.2 Å². The van der Waals surface area contributed by atoms with Gasteiger partial charge in [-0.3, -0.25) is 0 Å². The predicted molar refractivity (Wildman–Crippen MR) is 52.4 cm³/mol. The zero-order valence-corrected chi connectivity index (χ0v) is 8.35. The second-order valence-corrected chi connectivity index (χ2v) is 3.05. The Morgan fingerprint density at radius 3 is 2.77 bits per heavy atom. The number of hydrogen-bond donors (Lipinski definition) is 2. The Bertz CT molecular complexity index is 302. The molecule has 0 aliphatic rings. The van der Waals surface area contributed by atoms with E-state index in [0.29, 0.717) is 17.3 Å². The van der Waals surface area contributed by atoms with E-state index in [1.165, 1.54) is 7.11 Å². The summed E-state index contributed by atoms with van der Waals surface area (Å²) in [7, 11) is 3.31. The van der Waals surface area contributed by atoms with Crippen LogP contribution >= 0.6 is 11.6 Å². The van der Waals surface area contributed by atoms with Crippen molar-refractivity contribution >= 4 is 11.6 Å². The van der Waals surface area contributed by atoms with Gasteiger partial charge in [-0.2, -0.15) is 0 Å². The van der Waals surface area contributed by atoms with Crippen LogP contribution in [0.4, 0.5) is 0 Å². The number of phenolic OH excluding ortho intramolecular Hbond substituents is 1. The molecule has 0 unspecified atom stereocenters. The van der Waals surface area contributed by atoms with E-state index >= 15 is 0 Å². The topological polar surface area (TPSA) is 41.5 Å². The molecule has 0 aliphatic carbocycles. The molecule has 0 spiro atoms. The first-order valence-electron chi connectivity index (χ1n) is 3.89. The van der Waals surface area contributed by atoms with Gasteiger partial charge in [0.1, 0.15) is 0 Å². The highest BCUT2D eigenvalue weighted by atomic mass is 35.5. The molecule has 0 fully saturated rings. The molecule has 0 saturated heterocycles. The normalized spacial score (nSPS) is 10.1. The average Bonchev–Trinajstić information content (AvgIpc) is 2.11. The molecule has 1 aromatic carbocycles. The smallest absolute Gasteiger partial charge is 0.161 e. The molecule has 0 bridgehead atoms. The second-order valence-electron chi connectivity index (χ2n) is 2.65. The van der Waals surface area contributed by atoms with Gasteiger partial charge in [-0.25, -0.2) is 0 Å². The van der Waals surface area contributed by atoms with Gasteiger partial charge in [0.15, 0.2) is 11.5 Å². The first-order valence-corrected chi connectivity index (χ1v) is 4.26. The van der Waals surface area contributed by atoms with Gasteiger partial charge in [0.2, 0.25) is 0 Å². The average molecular weight is 202 g/mol. The highest BCUT2D eigenvalue weighted by molar-refractivity contribution is 6.31. The van der Waals surface area contributed by atoms with E-state index in [1.807, 2.05) is 7.05 Å². The van der Waals surface area contributed by atoms with Crippen LogP contribution in [0.1, 0.15) is 5.56 Å². The van der Waals surface area contributed by atoms with Crippen LogP contribution in [0.25, 0.3) is 0 Å². The largest absolute Gasteiger partial charge is 0.504 e. The van der Waals surface area contributed by atoms with Gasteiger partial charge in [0.05, 0.1) is 7.11 Å². The van der Waals surface area contributed by atoms with E-state index in [9.17, 15) is 5.11 Å². The summed E-state index contributed by atoms with van der Waals surface area (Å²) < 4.78 is 4.90. The quantitative estimate of drug-likeness (QED) is 0.784. The number of ether oxygens (including phenoxy) is 1. The molecule has 0 heterocycles. The Balaban J connectivity index is 3.05. The highest BCUT2D eigenvalue weighted by Gasteiger charge is 2.06. The Morgan fingerprint density at radius 1 is 1.54 bits per heavy atom. The Labute approximate surface area is 82.3 Å². The second kappa shape index (κ2) is 4.35. The van der Waals surface area contributed by atoms with E-state index in [1.54, 1.807) is 12.1 Å². The van der Waals surface area contributed by atoms with Crippen LogP contribution in [0.2, 0.25) is 5.02 Å².